The lowest BCUT2D eigenvalue weighted by Gasteiger charge is -2.25. The average Bonchev–Trinajstić information content (AvgIpc) is 2.87. The lowest BCUT2D eigenvalue weighted by molar-refractivity contribution is -0.122. The molecule has 1 saturated heterocycles. The van der Waals surface area contributed by atoms with Crippen molar-refractivity contribution in [3.05, 3.63) is 5.51 Å². The first-order valence-corrected chi connectivity index (χ1v) is 5.97. The summed E-state index contributed by atoms with van der Waals surface area (Å²) in [6.07, 6.45) is 2.75. The van der Waals surface area contributed by atoms with Gasteiger partial charge in [0.05, 0.1) is 5.54 Å². The molecule has 5 nitrogen and oxygen atoms in total. The van der Waals surface area contributed by atoms with Crippen LogP contribution in [0.1, 0.15) is 26.2 Å². The maximum absolute atomic E-state index is 12.0. The van der Waals surface area contributed by atoms with Gasteiger partial charge in [0.15, 0.2) is 0 Å². The maximum Gasteiger partial charge on any atom is 0.246 e. The van der Waals surface area contributed by atoms with Gasteiger partial charge in [0.25, 0.3) is 0 Å². The van der Waals surface area contributed by atoms with Gasteiger partial charge in [0.1, 0.15) is 5.51 Å². The van der Waals surface area contributed by atoms with Crippen LogP contribution in [0, 0.1) is 0 Å². The third kappa shape index (κ3) is 2.50. The molecule has 90 valence electrons. The molecule has 1 aliphatic rings. The van der Waals surface area contributed by atoms with E-state index in [1.54, 1.807) is 5.51 Å². The van der Waals surface area contributed by atoms with E-state index in [-0.39, 0.29) is 18.3 Å². The molecule has 0 spiro atoms. The Hall–Kier alpha value is -0.720. The van der Waals surface area contributed by atoms with Crippen LogP contribution in [0.4, 0.5) is 5.13 Å². The Balaban J connectivity index is 0.00000128. The molecule has 1 atom stereocenters. The van der Waals surface area contributed by atoms with E-state index in [2.05, 4.69) is 20.8 Å². The summed E-state index contributed by atoms with van der Waals surface area (Å²) in [5, 5.41) is 14.1. The van der Waals surface area contributed by atoms with Crippen LogP contribution < -0.4 is 10.6 Å². The van der Waals surface area contributed by atoms with Crippen molar-refractivity contribution in [2.45, 2.75) is 31.7 Å². The van der Waals surface area contributed by atoms with Crippen molar-refractivity contribution >= 4 is 34.8 Å². The number of hydrogen-bond acceptors (Lipinski definition) is 5. The quantitative estimate of drug-likeness (QED) is 0.865. The van der Waals surface area contributed by atoms with E-state index in [0.29, 0.717) is 5.13 Å². The summed E-state index contributed by atoms with van der Waals surface area (Å²) in [6.45, 7) is 2.94. The Bertz CT molecular complexity index is 337. The lowest BCUT2D eigenvalue weighted by atomic mass is 9.93. The van der Waals surface area contributed by atoms with E-state index < -0.39 is 5.54 Å². The molecule has 0 bridgehead atoms. The standard InChI is InChI=1S/C9H14N4OS.ClH/c1-2-9(4-3-5-10-9)7(14)12-8-13-11-6-15-8;/h6,10H,2-5H2,1H3,(H,12,13,14);1H. The van der Waals surface area contributed by atoms with Crippen LogP contribution in [-0.4, -0.2) is 28.2 Å². The Morgan fingerprint density at radius 1 is 1.75 bits per heavy atom. The normalized spacial score (nSPS) is 23.8. The molecule has 0 saturated carbocycles. The first kappa shape index (κ1) is 13.3. The van der Waals surface area contributed by atoms with Crippen molar-refractivity contribution < 1.29 is 4.79 Å². The fourth-order valence-corrected chi connectivity index (χ4v) is 2.35. The monoisotopic (exact) mass is 262 g/mol. The van der Waals surface area contributed by atoms with Crippen molar-refractivity contribution in [1.29, 1.82) is 0 Å². The minimum Gasteiger partial charge on any atom is -0.303 e. The minimum atomic E-state index is -0.397. The number of halogens is 1. The maximum atomic E-state index is 12.0. The van der Waals surface area contributed by atoms with Gasteiger partial charge in [0, 0.05) is 0 Å². The fourth-order valence-electron chi connectivity index (χ4n) is 1.91. The Morgan fingerprint density at radius 2 is 2.56 bits per heavy atom. The molecule has 0 radical (unpaired) electrons. The predicted octanol–water partition coefficient (Wildman–Crippen LogP) is 1.43. The second kappa shape index (κ2) is 5.56. The molecular weight excluding hydrogens is 248 g/mol. The molecule has 2 N–H and O–H groups in total. The zero-order valence-corrected chi connectivity index (χ0v) is 10.7. The third-order valence-corrected chi connectivity index (χ3v) is 3.47. The van der Waals surface area contributed by atoms with Gasteiger partial charge in [-0.2, -0.15) is 0 Å². The lowest BCUT2D eigenvalue weighted by Crippen LogP contribution is -2.50. The molecule has 1 aliphatic heterocycles. The molecule has 0 aliphatic carbocycles. The van der Waals surface area contributed by atoms with Gasteiger partial charge >= 0.3 is 0 Å². The number of rotatable bonds is 3. The molecule has 1 aromatic heterocycles. The number of hydrogen-bond donors (Lipinski definition) is 2. The molecule has 1 unspecified atom stereocenters. The molecule has 1 aromatic rings. The van der Waals surface area contributed by atoms with E-state index in [0.717, 1.165) is 25.8 Å². The first-order valence-electron chi connectivity index (χ1n) is 5.09. The predicted molar refractivity (Wildman–Crippen MR) is 66.0 cm³/mol. The Labute approximate surface area is 104 Å². The highest BCUT2D eigenvalue weighted by atomic mass is 35.5. The summed E-state index contributed by atoms with van der Waals surface area (Å²) in [7, 11) is 0. The largest absolute Gasteiger partial charge is 0.303 e. The van der Waals surface area contributed by atoms with Crippen molar-refractivity contribution in [2.75, 3.05) is 11.9 Å². The summed E-state index contributed by atoms with van der Waals surface area (Å²) in [6, 6.07) is 0. The number of nitrogens with zero attached hydrogens (tertiary/aromatic N) is 2. The zero-order chi connectivity index (χ0) is 10.7. The van der Waals surface area contributed by atoms with E-state index in [1.807, 2.05) is 6.92 Å². The summed E-state index contributed by atoms with van der Waals surface area (Å²) in [5.41, 5.74) is 1.21. The number of nitrogens with one attached hydrogen (secondary N) is 2. The van der Waals surface area contributed by atoms with Crippen LogP contribution in [0.25, 0.3) is 0 Å². The highest BCUT2D eigenvalue weighted by Gasteiger charge is 2.39. The Kier molecular flexibility index (Phi) is 4.64. The third-order valence-electron chi connectivity index (χ3n) is 2.86. The summed E-state index contributed by atoms with van der Waals surface area (Å²) in [5.74, 6) is 0.0132. The van der Waals surface area contributed by atoms with Crippen LogP contribution in [0.15, 0.2) is 5.51 Å². The highest BCUT2D eigenvalue weighted by molar-refractivity contribution is 7.13. The van der Waals surface area contributed by atoms with Gasteiger partial charge in [-0.3, -0.25) is 10.1 Å². The summed E-state index contributed by atoms with van der Waals surface area (Å²) < 4.78 is 0. The van der Waals surface area contributed by atoms with E-state index in [9.17, 15) is 4.79 Å². The van der Waals surface area contributed by atoms with Gasteiger partial charge in [-0.05, 0) is 25.8 Å². The number of carbonyl (C=O) groups is 1. The number of anilines is 1. The Morgan fingerprint density at radius 3 is 3.06 bits per heavy atom. The number of aromatic nitrogens is 2. The smallest absolute Gasteiger partial charge is 0.246 e. The van der Waals surface area contributed by atoms with Gasteiger partial charge in [-0.1, -0.05) is 18.3 Å². The highest BCUT2D eigenvalue weighted by Crippen LogP contribution is 2.24. The molecule has 2 heterocycles. The molecule has 1 amide bonds. The second-order valence-corrected chi connectivity index (χ2v) is 4.50. The SMILES string of the molecule is CCC1(C(=O)Nc2nncs2)CCCN1.Cl. The summed E-state index contributed by atoms with van der Waals surface area (Å²) in [4.78, 5) is 12.0. The zero-order valence-electron chi connectivity index (χ0n) is 9.02. The topological polar surface area (TPSA) is 66.9 Å². The van der Waals surface area contributed by atoms with Crippen molar-refractivity contribution in [3.63, 3.8) is 0 Å². The molecule has 1 fully saturated rings. The van der Waals surface area contributed by atoms with Crippen LogP contribution in [0.2, 0.25) is 0 Å². The molecule has 7 heteroatoms. The van der Waals surface area contributed by atoms with Gasteiger partial charge in [0.2, 0.25) is 11.0 Å². The van der Waals surface area contributed by atoms with Crippen LogP contribution in [0.5, 0.6) is 0 Å². The molecule has 16 heavy (non-hydrogen) atoms. The van der Waals surface area contributed by atoms with Crippen LogP contribution in [0.3, 0.4) is 0 Å². The molecule has 2 rings (SSSR count). The van der Waals surface area contributed by atoms with E-state index >= 15 is 0 Å². The average molecular weight is 263 g/mol. The number of carbonyl (C=O) groups excluding carboxylic acids is 1. The van der Waals surface area contributed by atoms with Crippen LogP contribution in [-0.2, 0) is 4.79 Å². The van der Waals surface area contributed by atoms with Gasteiger partial charge in [-0.25, -0.2) is 0 Å². The van der Waals surface area contributed by atoms with Crippen LogP contribution >= 0.6 is 23.7 Å². The molecule has 0 aromatic carbocycles. The number of amides is 1. The minimum absolute atomic E-state index is 0. The van der Waals surface area contributed by atoms with Crippen molar-refractivity contribution in [1.82, 2.24) is 15.5 Å². The fraction of sp³-hybridized carbons (Fsp3) is 0.667. The summed E-state index contributed by atoms with van der Waals surface area (Å²) >= 11 is 1.34. The second-order valence-electron chi connectivity index (χ2n) is 3.66. The van der Waals surface area contributed by atoms with E-state index in [4.69, 9.17) is 0 Å². The molecular formula is C9H15ClN4OS. The van der Waals surface area contributed by atoms with Gasteiger partial charge in [-0.15, -0.1) is 22.6 Å². The first-order chi connectivity index (χ1) is 7.27. The van der Waals surface area contributed by atoms with Gasteiger partial charge < -0.3 is 5.32 Å². The van der Waals surface area contributed by atoms with Crippen molar-refractivity contribution in [3.8, 4) is 0 Å². The van der Waals surface area contributed by atoms with Crippen molar-refractivity contribution in [2.24, 2.45) is 0 Å². The van der Waals surface area contributed by atoms with E-state index in [1.165, 1.54) is 11.3 Å².